The summed E-state index contributed by atoms with van der Waals surface area (Å²) in [6, 6.07) is 8.01. The van der Waals surface area contributed by atoms with Crippen LogP contribution < -0.4 is 4.74 Å². The molecule has 0 unspecified atom stereocenters. The number of benzene rings is 1. The molecule has 1 aromatic rings. The SMILES string of the molecule is COc1ccc(C(=[Se])SC)cc1. The van der Waals surface area contributed by atoms with Gasteiger partial charge in [-0.2, -0.15) is 0 Å². The van der Waals surface area contributed by atoms with Gasteiger partial charge in [-0.3, -0.25) is 0 Å². The van der Waals surface area contributed by atoms with Gasteiger partial charge >= 0.3 is 84.8 Å². The molecular formula is C9H10OSSe. The Bertz CT molecular complexity index is 268. The fourth-order valence-corrected chi connectivity index (χ4v) is 1.50. The summed E-state index contributed by atoms with van der Waals surface area (Å²) in [5.74, 6) is 0.896. The van der Waals surface area contributed by atoms with E-state index in [1.807, 2.05) is 24.3 Å². The Kier molecular flexibility index (Phi) is 3.86. The topological polar surface area (TPSA) is 9.23 Å². The first-order valence-corrected chi connectivity index (χ1v) is 5.58. The zero-order valence-electron chi connectivity index (χ0n) is 7.03. The number of thioether (sulfide) groups is 1. The summed E-state index contributed by atoms with van der Waals surface area (Å²) in [4.78, 5) is 0. The van der Waals surface area contributed by atoms with Crippen molar-refractivity contribution in [2.24, 2.45) is 0 Å². The van der Waals surface area contributed by atoms with Crippen LogP contribution in [-0.2, 0) is 0 Å². The molecule has 1 rings (SSSR count). The van der Waals surface area contributed by atoms with E-state index in [0.29, 0.717) is 0 Å². The normalized spacial score (nSPS) is 9.50. The molecule has 0 spiro atoms. The van der Waals surface area contributed by atoms with Gasteiger partial charge in [-0.15, -0.1) is 0 Å². The van der Waals surface area contributed by atoms with Crippen molar-refractivity contribution < 1.29 is 4.74 Å². The second-order valence-electron chi connectivity index (χ2n) is 2.22. The molecule has 3 heteroatoms. The zero-order chi connectivity index (χ0) is 8.97. The van der Waals surface area contributed by atoms with Crippen molar-refractivity contribution in [2.45, 2.75) is 0 Å². The molecule has 0 radical (unpaired) electrons. The first-order chi connectivity index (χ1) is 5.77. The van der Waals surface area contributed by atoms with E-state index in [9.17, 15) is 0 Å². The van der Waals surface area contributed by atoms with Gasteiger partial charge in [-0.25, -0.2) is 0 Å². The minimum absolute atomic E-state index is 0.896. The van der Waals surface area contributed by atoms with Crippen molar-refractivity contribution in [3.8, 4) is 5.75 Å². The molecule has 0 N–H and O–H groups in total. The van der Waals surface area contributed by atoms with Crippen molar-refractivity contribution in [1.29, 1.82) is 0 Å². The minimum atomic E-state index is 0.896. The van der Waals surface area contributed by atoms with Crippen LogP contribution in [0.5, 0.6) is 5.75 Å². The van der Waals surface area contributed by atoms with Gasteiger partial charge in [-0.1, -0.05) is 0 Å². The van der Waals surface area contributed by atoms with Crippen LogP contribution in [0.25, 0.3) is 0 Å². The molecule has 0 aliphatic rings. The van der Waals surface area contributed by atoms with Crippen LogP contribution in [-0.4, -0.2) is 32.7 Å². The third kappa shape index (κ3) is 2.37. The third-order valence-electron chi connectivity index (χ3n) is 1.51. The van der Waals surface area contributed by atoms with Crippen LogP contribution in [0.3, 0.4) is 0 Å². The molecule has 0 aliphatic heterocycles. The van der Waals surface area contributed by atoms with Gasteiger partial charge < -0.3 is 0 Å². The van der Waals surface area contributed by atoms with Crippen LogP contribution in [0.15, 0.2) is 24.3 Å². The first kappa shape index (κ1) is 9.84. The van der Waals surface area contributed by atoms with Crippen molar-refractivity contribution in [1.82, 2.24) is 0 Å². The fourth-order valence-electron chi connectivity index (χ4n) is 0.845. The van der Waals surface area contributed by atoms with Crippen molar-refractivity contribution >= 4 is 31.1 Å². The Morgan fingerprint density at radius 3 is 2.33 bits per heavy atom. The Morgan fingerprint density at radius 1 is 1.33 bits per heavy atom. The average Bonchev–Trinajstić information content (AvgIpc) is 2.17. The van der Waals surface area contributed by atoms with Gasteiger partial charge in [0, 0.05) is 0 Å². The molecule has 0 heterocycles. The van der Waals surface area contributed by atoms with E-state index < -0.39 is 0 Å². The molecule has 0 saturated heterocycles. The van der Waals surface area contributed by atoms with E-state index in [0.717, 1.165) is 5.75 Å². The second-order valence-corrected chi connectivity index (χ2v) is 4.48. The molecule has 12 heavy (non-hydrogen) atoms. The molecule has 0 fully saturated rings. The maximum absolute atomic E-state index is 5.06. The predicted octanol–water partition coefficient (Wildman–Crippen LogP) is 1.70. The number of methoxy groups -OCH3 is 1. The van der Waals surface area contributed by atoms with Gasteiger partial charge in [0.15, 0.2) is 0 Å². The van der Waals surface area contributed by atoms with Crippen LogP contribution in [0, 0.1) is 0 Å². The molecule has 0 amide bonds. The summed E-state index contributed by atoms with van der Waals surface area (Å²) in [5, 5.41) is 0. The molecule has 0 saturated carbocycles. The Labute approximate surface area is 84.9 Å². The number of hydrogen-bond acceptors (Lipinski definition) is 2. The zero-order valence-corrected chi connectivity index (χ0v) is 9.56. The van der Waals surface area contributed by atoms with Crippen LogP contribution >= 0.6 is 11.8 Å². The summed E-state index contributed by atoms with van der Waals surface area (Å²) in [5.41, 5.74) is 1.21. The molecule has 0 bridgehead atoms. The Morgan fingerprint density at radius 2 is 1.92 bits per heavy atom. The van der Waals surface area contributed by atoms with E-state index in [2.05, 4.69) is 21.8 Å². The van der Waals surface area contributed by atoms with E-state index in [-0.39, 0.29) is 0 Å². The van der Waals surface area contributed by atoms with Gasteiger partial charge in [0.25, 0.3) is 0 Å². The molecule has 0 aliphatic carbocycles. The Balaban J connectivity index is 2.84. The first-order valence-electron chi connectivity index (χ1n) is 3.50. The van der Waals surface area contributed by atoms with E-state index >= 15 is 0 Å². The van der Waals surface area contributed by atoms with Gasteiger partial charge in [-0.05, 0) is 0 Å². The van der Waals surface area contributed by atoms with Gasteiger partial charge in [0.2, 0.25) is 0 Å². The molecule has 0 aromatic heterocycles. The van der Waals surface area contributed by atoms with Crippen molar-refractivity contribution in [3.05, 3.63) is 29.8 Å². The number of ether oxygens (including phenoxy) is 1. The Hall–Kier alpha value is -0.241. The summed E-state index contributed by atoms with van der Waals surface area (Å²) in [6.07, 6.45) is 2.05. The van der Waals surface area contributed by atoms with Crippen molar-refractivity contribution in [2.75, 3.05) is 13.4 Å². The van der Waals surface area contributed by atoms with Gasteiger partial charge in [0.05, 0.1) is 0 Å². The quantitative estimate of drug-likeness (QED) is 0.750. The number of rotatable bonds is 3. The molecule has 64 valence electrons. The second kappa shape index (κ2) is 4.70. The third-order valence-corrected chi connectivity index (χ3v) is 3.66. The van der Waals surface area contributed by atoms with Crippen LogP contribution in [0.4, 0.5) is 0 Å². The van der Waals surface area contributed by atoms with Crippen LogP contribution in [0.2, 0.25) is 0 Å². The monoisotopic (exact) mass is 246 g/mol. The number of hydrogen-bond donors (Lipinski definition) is 0. The standard InChI is InChI=1S/C9H10OSSe/c1-10-8-5-3-7(4-6-8)9(12)11-2/h3-6H,1-2H3. The van der Waals surface area contributed by atoms with Crippen LogP contribution in [0.1, 0.15) is 5.56 Å². The summed E-state index contributed by atoms with van der Waals surface area (Å²) in [6.45, 7) is 0. The fraction of sp³-hybridized carbons (Fsp3) is 0.222. The molecular weight excluding hydrogens is 235 g/mol. The van der Waals surface area contributed by atoms with Crippen molar-refractivity contribution in [3.63, 3.8) is 0 Å². The average molecular weight is 245 g/mol. The van der Waals surface area contributed by atoms with Gasteiger partial charge in [0.1, 0.15) is 0 Å². The molecule has 1 nitrogen and oxygen atoms in total. The van der Waals surface area contributed by atoms with E-state index in [4.69, 9.17) is 4.74 Å². The summed E-state index contributed by atoms with van der Waals surface area (Å²) < 4.78 is 6.26. The molecule has 0 atom stereocenters. The maximum atomic E-state index is 5.06. The molecule has 1 aromatic carbocycles. The van der Waals surface area contributed by atoms with E-state index in [1.165, 1.54) is 9.31 Å². The summed E-state index contributed by atoms with van der Waals surface area (Å²) >= 11 is 4.73. The van der Waals surface area contributed by atoms with E-state index in [1.54, 1.807) is 18.9 Å². The summed E-state index contributed by atoms with van der Waals surface area (Å²) in [7, 11) is 1.67. The predicted molar refractivity (Wildman–Crippen MR) is 56.4 cm³/mol.